The first-order valence-corrected chi connectivity index (χ1v) is 11.9. The number of ether oxygens (including phenoxy) is 1. The maximum absolute atomic E-state index is 13.6. The fraction of sp³-hybridized carbons (Fsp3) is 0.207. The van der Waals surface area contributed by atoms with E-state index < -0.39 is 11.3 Å². The molecule has 1 amide bonds. The molecule has 0 unspecified atom stereocenters. The van der Waals surface area contributed by atoms with Crippen LogP contribution in [0.2, 0.25) is 0 Å². The van der Waals surface area contributed by atoms with Gasteiger partial charge in [-0.3, -0.25) is 19.5 Å². The number of amides is 1. The highest BCUT2D eigenvalue weighted by Crippen LogP contribution is 2.22. The van der Waals surface area contributed by atoms with Crippen LogP contribution in [-0.4, -0.2) is 46.6 Å². The van der Waals surface area contributed by atoms with Gasteiger partial charge in [-0.05, 0) is 36.2 Å². The molecule has 4 aromatic rings. The van der Waals surface area contributed by atoms with Crippen LogP contribution in [0.5, 0.6) is 5.75 Å². The summed E-state index contributed by atoms with van der Waals surface area (Å²) in [5, 5.41) is 3.12. The SMILES string of the molecule is CCCN(CC(=O)c1c(-c2ccccc2)[nH]n(-c2ccccc2)c1=O)C(=O)Cc1ccc(OC)cc1. The zero-order chi connectivity index (χ0) is 25.5. The highest BCUT2D eigenvalue weighted by atomic mass is 16.5. The van der Waals surface area contributed by atoms with Crippen LogP contribution in [0.25, 0.3) is 16.9 Å². The number of methoxy groups -OCH3 is 1. The number of carbonyl (C=O) groups excluding carboxylic acids is 2. The van der Waals surface area contributed by atoms with Gasteiger partial charge in [-0.25, -0.2) is 4.68 Å². The van der Waals surface area contributed by atoms with Crippen molar-refractivity contribution in [2.75, 3.05) is 20.2 Å². The van der Waals surface area contributed by atoms with Crippen molar-refractivity contribution in [3.63, 3.8) is 0 Å². The van der Waals surface area contributed by atoms with Gasteiger partial charge in [0.25, 0.3) is 5.56 Å². The molecule has 1 N–H and O–H groups in total. The van der Waals surface area contributed by atoms with E-state index in [0.717, 1.165) is 11.1 Å². The first kappa shape index (κ1) is 24.7. The van der Waals surface area contributed by atoms with Crippen molar-refractivity contribution < 1.29 is 14.3 Å². The maximum atomic E-state index is 13.6. The molecule has 0 saturated heterocycles. The summed E-state index contributed by atoms with van der Waals surface area (Å²) in [7, 11) is 1.59. The van der Waals surface area contributed by atoms with E-state index >= 15 is 0 Å². The van der Waals surface area contributed by atoms with E-state index in [9.17, 15) is 14.4 Å². The van der Waals surface area contributed by atoms with Gasteiger partial charge in [0.05, 0.1) is 31.5 Å². The van der Waals surface area contributed by atoms with Gasteiger partial charge >= 0.3 is 0 Å². The van der Waals surface area contributed by atoms with Crippen molar-refractivity contribution in [2.24, 2.45) is 0 Å². The summed E-state index contributed by atoms with van der Waals surface area (Å²) in [6.45, 7) is 2.19. The Morgan fingerprint density at radius 1 is 0.917 bits per heavy atom. The zero-order valence-electron chi connectivity index (χ0n) is 20.4. The van der Waals surface area contributed by atoms with Crippen LogP contribution < -0.4 is 10.3 Å². The first-order chi connectivity index (χ1) is 17.5. The Labute approximate surface area is 209 Å². The van der Waals surface area contributed by atoms with E-state index in [1.54, 1.807) is 31.4 Å². The summed E-state index contributed by atoms with van der Waals surface area (Å²) < 4.78 is 6.55. The van der Waals surface area contributed by atoms with E-state index in [0.29, 0.717) is 30.1 Å². The molecule has 0 aliphatic carbocycles. The summed E-state index contributed by atoms with van der Waals surface area (Å²) in [4.78, 5) is 41.7. The van der Waals surface area contributed by atoms with Crippen LogP contribution in [0.1, 0.15) is 29.3 Å². The Balaban J connectivity index is 1.65. The lowest BCUT2D eigenvalue weighted by Gasteiger charge is -2.21. The summed E-state index contributed by atoms with van der Waals surface area (Å²) in [6, 6.07) is 25.6. The van der Waals surface area contributed by atoms with Crippen LogP contribution >= 0.6 is 0 Å². The minimum Gasteiger partial charge on any atom is -0.497 e. The molecule has 184 valence electrons. The number of para-hydroxylation sites is 1. The fourth-order valence-corrected chi connectivity index (χ4v) is 4.11. The molecule has 3 aromatic carbocycles. The Bertz CT molecular complexity index is 1370. The van der Waals surface area contributed by atoms with E-state index in [1.165, 1.54) is 9.58 Å². The number of hydrogen-bond acceptors (Lipinski definition) is 4. The Morgan fingerprint density at radius 3 is 2.17 bits per heavy atom. The van der Waals surface area contributed by atoms with Gasteiger partial charge in [-0.15, -0.1) is 0 Å². The van der Waals surface area contributed by atoms with Gasteiger partial charge in [-0.2, -0.15) is 0 Å². The maximum Gasteiger partial charge on any atom is 0.282 e. The van der Waals surface area contributed by atoms with Gasteiger partial charge in [0, 0.05) is 12.1 Å². The Kier molecular flexibility index (Phi) is 7.80. The molecule has 1 heterocycles. The van der Waals surface area contributed by atoms with E-state index in [2.05, 4.69) is 5.10 Å². The summed E-state index contributed by atoms with van der Waals surface area (Å²) in [6.07, 6.45) is 0.846. The molecule has 36 heavy (non-hydrogen) atoms. The second-order valence-corrected chi connectivity index (χ2v) is 8.47. The summed E-state index contributed by atoms with van der Waals surface area (Å²) >= 11 is 0. The van der Waals surface area contributed by atoms with Crippen molar-refractivity contribution >= 4 is 11.7 Å². The largest absolute Gasteiger partial charge is 0.497 e. The molecule has 7 nitrogen and oxygen atoms in total. The number of benzene rings is 3. The molecule has 0 saturated carbocycles. The lowest BCUT2D eigenvalue weighted by molar-refractivity contribution is -0.130. The highest BCUT2D eigenvalue weighted by molar-refractivity contribution is 6.04. The topological polar surface area (TPSA) is 84.4 Å². The van der Waals surface area contributed by atoms with Crippen LogP contribution in [0.15, 0.2) is 89.7 Å². The number of ketones is 1. The number of aromatic amines is 1. The minimum atomic E-state index is -0.441. The van der Waals surface area contributed by atoms with Crippen molar-refractivity contribution in [1.82, 2.24) is 14.7 Å². The number of nitrogens with one attached hydrogen (secondary N) is 1. The first-order valence-electron chi connectivity index (χ1n) is 11.9. The number of Topliss-reactive ketones (excluding diaryl/α,β-unsaturated/α-hetero) is 1. The fourth-order valence-electron chi connectivity index (χ4n) is 4.11. The monoisotopic (exact) mass is 483 g/mol. The normalized spacial score (nSPS) is 10.7. The van der Waals surface area contributed by atoms with Gasteiger partial charge in [0.15, 0.2) is 5.78 Å². The Morgan fingerprint density at radius 2 is 1.56 bits per heavy atom. The third kappa shape index (κ3) is 5.46. The summed E-state index contributed by atoms with van der Waals surface area (Å²) in [5.41, 5.74) is 2.22. The zero-order valence-corrected chi connectivity index (χ0v) is 20.4. The van der Waals surface area contributed by atoms with Crippen molar-refractivity contribution in [3.8, 4) is 22.7 Å². The average Bonchev–Trinajstić information content (AvgIpc) is 3.27. The quantitative estimate of drug-likeness (QED) is 0.337. The van der Waals surface area contributed by atoms with Gasteiger partial charge in [-0.1, -0.05) is 67.6 Å². The number of H-pyrrole nitrogens is 1. The standard InChI is InChI=1S/C29H29N3O4/c1-3-18-31(26(34)19-21-14-16-24(36-2)17-15-21)20-25(33)27-28(22-10-6-4-7-11-22)30-32(29(27)35)23-12-8-5-9-13-23/h4-17,30H,3,18-20H2,1-2H3. The van der Waals surface area contributed by atoms with Gasteiger partial charge < -0.3 is 9.64 Å². The molecule has 0 aliphatic heterocycles. The number of rotatable bonds is 10. The Hall–Kier alpha value is -4.39. The third-order valence-electron chi connectivity index (χ3n) is 5.94. The second kappa shape index (κ2) is 11.4. The molecule has 0 aliphatic rings. The number of nitrogens with zero attached hydrogens (tertiary/aromatic N) is 2. The highest BCUT2D eigenvalue weighted by Gasteiger charge is 2.26. The molecular formula is C29H29N3O4. The number of carbonyl (C=O) groups is 2. The lowest BCUT2D eigenvalue weighted by atomic mass is 10.0. The van der Waals surface area contributed by atoms with Crippen molar-refractivity contribution in [1.29, 1.82) is 0 Å². The van der Waals surface area contributed by atoms with Crippen LogP contribution in [0.3, 0.4) is 0 Å². The molecule has 0 bridgehead atoms. The van der Waals surface area contributed by atoms with E-state index in [4.69, 9.17) is 4.74 Å². The van der Waals surface area contributed by atoms with Gasteiger partial charge in [0.2, 0.25) is 5.91 Å². The molecule has 0 radical (unpaired) electrons. The third-order valence-corrected chi connectivity index (χ3v) is 5.94. The molecule has 1 aromatic heterocycles. The van der Waals surface area contributed by atoms with Crippen LogP contribution in [0.4, 0.5) is 0 Å². The van der Waals surface area contributed by atoms with E-state index in [-0.39, 0.29) is 24.4 Å². The predicted molar refractivity (Wildman–Crippen MR) is 140 cm³/mol. The minimum absolute atomic E-state index is 0.0448. The average molecular weight is 484 g/mol. The van der Waals surface area contributed by atoms with Crippen LogP contribution in [-0.2, 0) is 11.2 Å². The second-order valence-electron chi connectivity index (χ2n) is 8.47. The van der Waals surface area contributed by atoms with E-state index in [1.807, 2.05) is 67.6 Å². The molecule has 0 atom stereocenters. The number of hydrogen-bond donors (Lipinski definition) is 1. The predicted octanol–water partition coefficient (Wildman–Crippen LogP) is 4.51. The molecule has 0 fully saturated rings. The molecule has 0 spiro atoms. The smallest absolute Gasteiger partial charge is 0.282 e. The molecular weight excluding hydrogens is 454 g/mol. The molecule has 7 heteroatoms. The van der Waals surface area contributed by atoms with Crippen molar-refractivity contribution in [2.45, 2.75) is 19.8 Å². The molecule has 4 rings (SSSR count). The van der Waals surface area contributed by atoms with Crippen LogP contribution in [0, 0.1) is 0 Å². The summed E-state index contributed by atoms with van der Waals surface area (Å²) in [5.74, 6) is 0.138. The van der Waals surface area contributed by atoms with Gasteiger partial charge in [0.1, 0.15) is 11.3 Å². The van der Waals surface area contributed by atoms with Crippen molar-refractivity contribution in [3.05, 3.63) is 106 Å². The lowest BCUT2D eigenvalue weighted by Crippen LogP contribution is -2.38. The number of aromatic nitrogens is 2.